The number of aliphatic carboxylic acids is 2. The van der Waals surface area contributed by atoms with Gasteiger partial charge in [0.05, 0.1) is 17.4 Å². The predicted octanol–water partition coefficient (Wildman–Crippen LogP) is 0.867. The molecule has 10 heteroatoms. The van der Waals surface area contributed by atoms with Crippen LogP contribution in [0, 0.1) is 17.8 Å². The summed E-state index contributed by atoms with van der Waals surface area (Å²) in [6, 6.07) is 7.67. The number of nitrogens with zero attached hydrogens (tertiary/aromatic N) is 4. The molecular weight excluding hydrogens is 364 g/mol. The van der Waals surface area contributed by atoms with Crippen LogP contribution in [0.25, 0.3) is 0 Å². The highest BCUT2D eigenvalue weighted by molar-refractivity contribution is 5.94. The van der Waals surface area contributed by atoms with Crippen molar-refractivity contribution in [2.24, 2.45) is 10.8 Å². The number of carboxylic acid groups (broad SMARTS) is 2. The monoisotopic (exact) mass is 384 g/mol. The summed E-state index contributed by atoms with van der Waals surface area (Å²) in [6.45, 7) is 2.44. The highest BCUT2D eigenvalue weighted by atomic mass is 16.4. The van der Waals surface area contributed by atoms with Crippen molar-refractivity contribution < 1.29 is 19.8 Å². The van der Waals surface area contributed by atoms with Gasteiger partial charge in [-0.25, -0.2) is 0 Å². The fraction of sp³-hybridized carbons (Fsp3) is 0.389. The lowest BCUT2D eigenvalue weighted by atomic mass is 9.97. The minimum Gasteiger partial charge on any atom is -0.481 e. The first-order valence-corrected chi connectivity index (χ1v) is 8.77. The summed E-state index contributed by atoms with van der Waals surface area (Å²) in [5.74, 6) is -1.49. The van der Waals surface area contributed by atoms with Crippen molar-refractivity contribution in [3.05, 3.63) is 35.7 Å². The van der Waals surface area contributed by atoms with Crippen LogP contribution in [0.5, 0.6) is 0 Å². The van der Waals surface area contributed by atoms with E-state index in [1.54, 1.807) is 4.90 Å². The summed E-state index contributed by atoms with van der Waals surface area (Å²) in [5.41, 5.74) is 5.19. The molecule has 2 aliphatic rings. The second kappa shape index (κ2) is 6.13. The molecule has 0 spiro atoms. The van der Waals surface area contributed by atoms with Crippen LogP contribution in [0.2, 0.25) is 0 Å². The molecule has 1 saturated carbocycles. The van der Waals surface area contributed by atoms with Gasteiger partial charge in [-0.1, -0.05) is 12.1 Å². The van der Waals surface area contributed by atoms with Crippen molar-refractivity contribution in [2.45, 2.75) is 19.9 Å². The van der Waals surface area contributed by atoms with Gasteiger partial charge < -0.3 is 21.3 Å². The fourth-order valence-corrected chi connectivity index (χ4v) is 4.13. The number of hydrogen-bond donors (Lipinski definition) is 4. The molecule has 1 aromatic heterocycles. The SMILES string of the molecule is Cc1cccc(Nc2nc(N)nc(CN3C[C@@]4(C(=O)O)C[C@@]4(C(=O)O)C3)n2)c1. The predicted molar refractivity (Wildman–Crippen MR) is 98.7 cm³/mol. The van der Waals surface area contributed by atoms with E-state index in [0.29, 0.717) is 5.82 Å². The lowest BCUT2D eigenvalue weighted by Gasteiger charge is -2.18. The molecule has 28 heavy (non-hydrogen) atoms. The van der Waals surface area contributed by atoms with Crippen molar-refractivity contribution in [2.75, 3.05) is 24.1 Å². The summed E-state index contributed by atoms with van der Waals surface area (Å²) in [6.07, 6.45) is 0.153. The summed E-state index contributed by atoms with van der Waals surface area (Å²) in [5, 5.41) is 22.1. The zero-order chi connectivity index (χ0) is 20.1. The number of nitrogen functional groups attached to an aromatic ring is 1. The Morgan fingerprint density at radius 3 is 2.46 bits per heavy atom. The number of aromatic nitrogens is 3. The third kappa shape index (κ3) is 2.82. The first kappa shape index (κ1) is 18.1. The number of piperidine rings is 1. The average Bonchev–Trinajstić information content (AvgIpc) is 3.13. The third-order valence-electron chi connectivity index (χ3n) is 5.54. The van der Waals surface area contributed by atoms with Crippen molar-refractivity contribution >= 4 is 29.5 Å². The molecular formula is C18H20N6O4. The Morgan fingerprint density at radius 1 is 1.18 bits per heavy atom. The van der Waals surface area contributed by atoms with Gasteiger partial charge in [0, 0.05) is 18.8 Å². The fourth-order valence-electron chi connectivity index (χ4n) is 4.13. The largest absolute Gasteiger partial charge is 0.481 e. The van der Waals surface area contributed by atoms with Crippen LogP contribution < -0.4 is 11.1 Å². The van der Waals surface area contributed by atoms with E-state index in [9.17, 15) is 19.8 Å². The molecule has 10 nitrogen and oxygen atoms in total. The summed E-state index contributed by atoms with van der Waals surface area (Å²) >= 11 is 0. The zero-order valence-corrected chi connectivity index (χ0v) is 15.2. The maximum absolute atomic E-state index is 11.7. The van der Waals surface area contributed by atoms with Crippen LogP contribution in [-0.4, -0.2) is 55.1 Å². The van der Waals surface area contributed by atoms with Gasteiger partial charge in [-0.15, -0.1) is 0 Å². The molecule has 0 radical (unpaired) electrons. The Kier molecular flexibility index (Phi) is 3.96. The number of nitrogens with two attached hydrogens (primary N) is 1. The van der Waals surface area contributed by atoms with Crippen LogP contribution in [-0.2, 0) is 16.1 Å². The maximum atomic E-state index is 11.7. The van der Waals surface area contributed by atoms with E-state index in [1.807, 2.05) is 31.2 Å². The summed E-state index contributed by atoms with van der Waals surface area (Å²) < 4.78 is 0. The number of carboxylic acids is 2. The number of anilines is 3. The Labute approximate surface area is 160 Å². The van der Waals surface area contributed by atoms with E-state index in [2.05, 4.69) is 20.3 Å². The van der Waals surface area contributed by atoms with Gasteiger partial charge in [0.15, 0.2) is 0 Å². The lowest BCUT2D eigenvalue weighted by molar-refractivity contribution is -0.151. The van der Waals surface area contributed by atoms with Crippen molar-refractivity contribution in [1.82, 2.24) is 19.9 Å². The van der Waals surface area contributed by atoms with E-state index in [1.165, 1.54) is 0 Å². The van der Waals surface area contributed by atoms with Crippen molar-refractivity contribution in [1.29, 1.82) is 0 Å². The normalized spacial score (nSPS) is 25.9. The third-order valence-corrected chi connectivity index (χ3v) is 5.54. The highest BCUT2D eigenvalue weighted by Gasteiger charge is 2.80. The van der Waals surface area contributed by atoms with Crippen molar-refractivity contribution in [3.63, 3.8) is 0 Å². The molecule has 2 aromatic rings. The van der Waals surface area contributed by atoms with Gasteiger partial charge in [-0.2, -0.15) is 15.0 Å². The summed E-state index contributed by atoms with van der Waals surface area (Å²) in [4.78, 5) is 37.6. The van der Waals surface area contributed by atoms with Crippen LogP contribution >= 0.6 is 0 Å². The van der Waals surface area contributed by atoms with Gasteiger partial charge in [0.1, 0.15) is 5.82 Å². The van der Waals surface area contributed by atoms with Gasteiger partial charge in [-0.05, 0) is 31.0 Å². The molecule has 2 fully saturated rings. The molecule has 0 bridgehead atoms. The van der Waals surface area contributed by atoms with Gasteiger partial charge >= 0.3 is 11.9 Å². The molecule has 1 aliphatic heterocycles. The Bertz CT molecular complexity index is 954. The first-order valence-electron chi connectivity index (χ1n) is 8.77. The number of rotatable bonds is 6. The number of aryl methyl sites for hydroxylation is 1. The zero-order valence-electron chi connectivity index (χ0n) is 15.2. The number of carbonyl (C=O) groups is 2. The Morgan fingerprint density at radius 2 is 1.86 bits per heavy atom. The Hall–Kier alpha value is -3.27. The van der Waals surface area contributed by atoms with Crippen molar-refractivity contribution in [3.8, 4) is 0 Å². The quantitative estimate of drug-likeness (QED) is 0.564. The number of likely N-dealkylation sites (tertiary alicyclic amines) is 1. The molecule has 1 aliphatic carbocycles. The molecule has 4 rings (SSSR count). The van der Waals surface area contributed by atoms with Crippen LogP contribution in [0.3, 0.4) is 0 Å². The number of hydrogen-bond acceptors (Lipinski definition) is 8. The van der Waals surface area contributed by atoms with Gasteiger partial charge in [0.25, 0.3) is 0 Å². The van der Waals surface area contributed by atoms with E-state index in [-0.39, 0.29) is 38.0 Å². The minimum atomic E-state index is -1.24. The van der Waals surface area contributed by atoms with Gasteiger partial charge in [0.2, 0.25) is 11.9 Å². The number of benzene rings is 1. The highest BCUT2D eigenvalue weighted by Crippen LogP contribution is 2.68. The molecule has 0 unspecified atom stereocenters. The molecule has 0 amide bonds. The molecule has 2 heterocycles. The average molecular weight is 384 g/mol. The second-order valence-electron chi connectivity index (χ2n) is 7.52. The van der Waals surface area contributed by atoms with Gasteiger partial charge in [-0.3, -0.25) is 14.5 Å². The summed E-state index contributed by atoms with van der Waals surface area (Å²) in [7, 11) is 0. The molecule has 1 aromatic carbocycles. The standard InChI is InChI=1S/C18H20N6O4/c1-10-3-2-4-11(5-10)20-16-22-12(21-15(19)23-16)6-24-8-17(13(25)26)7-18(17,9-24)14(27)28/h2-5H,6-9H2,1H3,(H,25,26)(H,27,28)(H3,19,20,21,22,23)/t17-,18+. The van der Waals surface area contributed by atoms with E-state index < -0.39 is 22.8 Å². The Balaban J connectivity index is 1.52. The topological polar surface area (TPSA) is 155 Å². The molecule has 1 saturated heterocycles. The lowest BCUT2D eigenvalue weighted by Crippen LogP contribution is -2.29. The smallest absolute Gasteiger partial charge is 0.312 e. The first-order chi connectivity index (χ1) is 13.2. The van der Waals surface area contributed by atoms with E-state index in [0.717, 1.165) is 11.3 Å². The molecule has 5 N–H and O–H groups in total. The van der Waals surface area contributed by atoms with E-state index >= 15 is 0 Å². The maximum Gasteiger partial charge on any atom is 0.312 e. The minimum absolute atomic E-state index is 0.0328. The number of fused-ring (bicyclic) bond motifs is 1. The van der Waals surface area contributed by atoms with E-state index in [4.69, 9.17) is 5.73 Å². The van der Waals surface area contributed by atoms with Crippen LogP contribution in [0.15, 0.2) is 24.3 Å². The number of nitrogens with one attached hydrogen (secondary N) is 1. The second-order valence-corrected chi connectivity index (χ2v) is 7.52. The van der Waals surface area contributed by atoms with Crippen LogP contribution in [0.1, 0.15) is 17.8 Å². The molecule has 146 valence electrons. The van der Waals surface area contributed by atoms with Crippen LogP contribution in [0.4, 0.5) is 17.6 Å². The molecule has 2 atom stereocenters.